The standard InChI is InChI=1S/C21H16N4O3/c26-19-7-6-15(12-25(19)13-20(27)28)24-21-18-5-1-4-16(17(18)8-10-23-21)14-3-2-9-22-11-14/h1-12H,13H2,(H,23,24)(H,27,28). The lowest BCUT2D eigenvalue weighted by molar-refractivity contribution is -0.137. The van der Waals surface area contributed by atoms with Crippen molar-refractivity contribution in [2.75, 3.05) is 5.32 Å². The second-order valence-electron chi connectivity index (χ2n) is 6.20. The zero-order valence-corrected chi connectivity index (χ0v) is 14.7. The predicted octanol–water partition coefficient (Wildman–Crippen LogP) is 3.29. The minimum absolute atomic E-state index is 0.377. The van der Waals surface area contributed by atoms with E-state index in [-0.39, 0.29) is 5.56 Å². The van der Waals surface area contributed by atoms with Gasteiger partial charge in [-0.15, -0.1) is 0 Å². The SMILES string of the molecule is O=C(O)Cn1cc(Nc2nccc3c(-c4cccnc4)cccc23)ccc1=O. The smallest absolute Gasteiger partial charge is 0.323 e. The maximum atomic E-state index is 11.8. The first-order valence-electron chi connectivity index (χ1n) is 8.59. The van der Waals surface area contributed by atoms with E-state index in [1.54, 1.807) is 18.5 Å². The number of hydrogen-bond donors (Lipinski definition) is 2. The van der Waals surface area contributed by atoms with Crippen LogP contribution in [0.1, 0.15) is 0 Å². The summed E-state index contributed by atoms with van der Waals surface area (Å²) in [7, 11) is 0. The van der Waals surface area contributed by atoms with Crippen molar-refractivity contribution in [1.82, 2.24) is 14.5 Å². The van der Waals surface area contributed by atoms with Crippen LogP contribution in [-0.4, -0.2) is 25.6 Å². The third-order valence-electron chi connectivity index (χ3n) is 4.33. The number of nitrogens with zero attached hydrogens (tertiary/aromatic N) is 3. The maximum Gasteiger partial charge on any atom is 0.323 e. The summed E-state index contributed by atoms with van der Waals surface area (Å²) < 4.78 is 1.14. The molecular weight excluding hydrogens is 356 g/mol. The number of pyridine rings is 3. The van der Waals surface area contributed by atoms with E-state index in [1.807, 2.05) is 42.6 Å². The molecule has 0 aliphatic carbocycles. The molecule has 7 heteroatoms. The van der Waals surface area contributed by atoms with Crippen LogP contribution in [-0.2, 0) is 11.3 Å². The predicted molar refractivity (Wildman–Crippen MR) is 107 cm³/mol. The quantitative estimate of drug-likeness (QED) is 0.558. The van der Waals surface area contributed by atoms with Crippen molar-refractivity contribution in [1.29, 1.82) is 0 Å². The lowest BCUT2D eigenvalue weighted by atomic mass is 10.0. The highest BCUT2D eigenvalue weighted by molar-refractivity contribution is 6.02. The molecule has 0 aliphatic rings. The Labute approximate surface area is 159 Å². The number of hydrogen-bond acceptors (Lipinski definition) is 5. The van der Waals surface area contributed by atoms with Crippen LogP contribution in [0.15, 0.2) is 78.1 Å². The lowest BCUT2D eigenvalue weighted by Gasteiger charge is -2.12. The largest absolute Gasteiger partial charge is 0.480 e. The average Bonchev–Trinajstić information content (AvgIpc) is 2.71. The molecule has 0 saturated carbocycles. The fourth-order valence-corrected chi connectivity index (χ4v) is 3.09. The van der Waals surface area contributed by atoms with Gasteiger partial charge < -0.3 is 15.0 Å². The normalized spacial score (nSPS) is 10.7. The molecule has 4 aromatic rings. The van der Waals surface area contributed by atoms with Crippen molar-refractivity contribution in [2.45, 2.75) is 6.54 Å². The Bertz CT molecular complexity index is 1220. The van der Waals surface area contributed by atoms with Crippen LogP contribution in [0.25, 0.3) is 21.9 Å². The van der Waals surface area contributed by atoms with Crippen LogP contribution in [0.2, 0.25) is 0 Å². The van der Waals surface area contributed by atoms with Gasteiger partial charge in [-0.3, -0.25) is 14.6 Å². The number of rotatable bonds is 5. The molecule has 3 heterocycles. The molecule has 0 fully saturated rings. The molecule has 28 heavy (non-hydrogen) atoms. The Morgan fingerprint density at radius 1 is 1.04 bits per heavy atom. The number of aliphatic carboxylic acids is 1. The topological polar surface area (TPSA) is 97.1 Å². The molecule has 0 aliphatic heterocycles. The van der Waals surface area contributed by atoms with Gasteiger partial charge in [0.15, 0.2) is 0 Å². The summed E-state index contributed by atoms with van der Waals surface area (Å²) in [4.78, 5) is 31.4. The third-order valence-corrected chi connectivity index (χ3v) is 4.33. The number of carboxylic acid groups (broad SMARTS) is 1. The molecule has 3 aromatic heterocycles. The molecule has 138 valence electrons. The summed E-state index contributed by atoms with van der Waals surface area (Å²) in [5.74, 6) is -0.465. The number of aromatic nitrogens is 3. The number of fused-ring (bicyclic) bond motifs is 1. The number of anilines is 2. The van der Waals surface area contributed by atoms with Crippen LogP contribution >= 0.6 is 0 Å². The molecule has 0 spiro atoms. The van der Waals surface area contributed by atoms with Crippen LogP contribution in [0.3, 0.4) is 0 Å². The molecule has 0 amide bonds. The van der Waals surface area contributed by atoms with Crippen LogP contribution < -0.4 is 10.9 Å². The first-order chi connectivity index (χ1) is 13.6. The first-order valence-corrected chi connectivity index (χ1v) is 8.59. The molecule has 4 rings (SSSR count). The minimum Gasteiger partial charge on any atom is -0.480 e. The average molecular weight is 372 g/mol. The molecule has 7 nitrogen and oxygen atoms in total. The molecule has 0 bridgehead atoms. The maximum absolute atomic E-state index is 11.8. The molecular formula is C21H16N4O3. The fourth-order valence-electron chi connectivity index (χ4n) is 3.09. The Balaban J connectivity index is 1.77. The van der Waals surface area contributed by atoms with E-state index in [4.69, 9.17) is 5.11 Å². The number of benzene rings is 1. The van der Waals surface area contributed by atoms with E-state index in [1.165, 1.54) is 12.3 Å². The minimum atomic E-state index is -1.08. The fraction of sp³-hybridized carbons (Fsp3) is 0.0476. The highest BCUT2D eigenvalue weighted by Gasteiger charge is 2.09. The summed E-state index contributed by atoms with van der Waals surface area (Å²) in [6, 6.07) is 14.7. The summed E-state index contributed by atoms with van der Waals surface area (Å²) in [6.07, 6.45) is 6.72. The van der Waals surface area contributed by atoms with Crippen LogP contribution in [0, 0.1) is 0 Å². The molecule has 0 unspecified atom stereocenters. The Morgan fingerprint density at radius 3 is 2.71 bits per heavy atom. The number of carboxylic acids is 1. The van der Waals surface area contributed by atoms with E-state index < -0.39 is 12.5 Å². The highest BCUT2D eigenvalue weighted by Crippen LogP contribution is 2.31. The van der Waals surface area contributed by atoms with Crippen LogP contribution in [0.5, 0.6) is 0 Å². The van der Waals surface area contributed by atoms with Gasteiger partial charge in [-0.25, -0.2) is 4.98 Å². The van der Waals surface area contributed by atoms with E-state index in [0.29, 0.717) is 11.5 Å². The van der Waals surface area contributed by atoms with Crippen molar-refractivity contribution in [2.24, 2.45) is 0 Å². The van der Waals surface area contributed by atoms with Crippen molar-refractivity contribution in [3.63, 3.8) is 0 Å². The van der Waals surface area contributed by atoms with Gasteiger partial charge in [0, 0.05) is 41.8 Å². The number of nitrogens with one attached hydrogen (secondary N) is 1. The second-order valence-corrected chi connectivity index (χ2v) is 6.20. The van der Waals surface area contributed by atoms with E-state index >= 15 is 0 Å². The van der Waals surface area contributed by atoms with Gasteiger partial charge in [0.2, 0.25) is 0 Å². The van der Waals surface area contributed by atoms with Crippen molar-refractivity contribution in [3.05, 3.63) is 83.7 Å². The van der Waals surface area contributed by atoms with Gasteiger partial charge in [-0.2, -0.15) is 0 Å². The third kappa shape index (κ3) is 3.45. The molecule has 0 atom stereocenters. The molecule has 0 radical (unpaired) electrons. The van der Waals surface area contributed by atoms with Crippen molar-refractivity contribution in [3.8, 4) is 11.1 Å². The zero-order valence-electron chi connectivity index (χ0n) is 14.7. The van der Waals surface area contributed by atoms with Crippen LogP contribution in [0.4, 0.5) is 11.5 Å². The Morgan fingerprint density at radius 2 is 1.93 bits per heavy atom. The van der Waals surface area contributed by atoms with Crippen molar-refractivity contribution >= 4 is 28.2 Å². The van der Waals surface area contributed by atoms with Gasteiger partial charge in [0.1, 0.15) is 12.4 Å². The van der Waals surface area contributed by atoms with Gasteiger partial charge in [0.25, 0.3) is 5.56 Å². The monoisotopic (exact) mass is 372 g/mol. The van der Waals surface area contributed by atoms with E-state index in [2.05, 4.69) is 15.3 Å². The summed E-state index contributed by atoms with van der Waals surface area (Å²) >= 11 is 0. The molecule has 1 aromatic carbocycles. The van der Waals surface area contributed by atoms with Gasteiger partial charge in [-0.1, -0.05) is 24.3 Å². The lowest BCUT2D eigenvalue weighted by Crippen LogP contribution is -2.22. The van der Waals surface area contributed by atoms with Gasteiger partial charge in [0.05, 0.1) is 5.69 Å². The second kappa shape index (κ2) is 7.32. The summed E-state index contributed by atoms with van der Waals surface area (Å²) in [6.45, 7) is -0.400. The molecule has 2 N–H and O–H groups in total. The zero-order chi connectivity index (χ0) is 19.5. The van der Waals surface area contributed by atoms with E-state index in [0.717, 1.165) is 26.5 Å². The van der Waals surface area contributed by atoms with Gasteiger partial charge in [-0.05, 0) is 29.1 Å². The highest BCUT2D eigenvalue weighted by atomic mass is 16.4. The first kappa shape index (κ1) is 17.4. The Kier molecular flexibility index (Phi) is 4.55. The van der Waals surface area contributed by atoms with Gasteiger partial charge >= 0.3 is 5.97 Å². The van der Waals surface area contributed by atoms with E-state index in [9.17, 15) is 9.59 Å². The Hall–Kier alpha value is -4.00. The molecule has 0 saturated heterocycles. The summed E-state index contributed by atoms with van der Waals surface area (Å²) in [5, 5.41) is 14.1. The van der Waals surface area contributed by atoms with Crippen molar-refractivity contribution < 1.29 is 9.90 Å². The number of carbonyl (C=O) groups is 1. The summed E-state index contributed by atoms with van der Waals surface area (Å²) in [5.41, 5.74) is 2.23.